The minimum Gasteiger partial charge on any atom is -0.342 e. The lowest BCUT2D eigenvalue weighted by molar-refractivity contribution is -0.138. The minimum absolute atomic E-state index is 0.337. The van der Waals surface area contributed by atoms with Crippen LogP contribution < -0.4 is 0 Å². The van der Waals surface area contributed by atoms with Crippen LogP contribution in [-0.2, 0) is 4.79 Å². The van der Waals surface area contributed by atoms with Gasteiger partial charge in [-0.05, 0) is 36.5 Å². The van der Waals surface area contributed by atoms with Gasteiger partial charge in [-0.25, -0.2) is 0 Å². The first kappa shape index (κ1) is 12.9. The van der Waals surface area contributed by atoms with Gasteiger partial charge in [0.1, 0.15) is 0 Å². The highest BCUT2D eigenvalue weighted by Gasteiger charge is 2.35. The van der Waals surface area contributed by atoms with Gasteiger partial charge in [-0.2, -0.15) is 0 Å². The molecule has 0 spiro atoms. The van der Waals surface area contributed by atoms with Gasteiger partial charge in [-0.15, -0.1) is 0 Å². The molecular formula is C15H27NO. The van der Waals surface area contributed by atoms with Crippen LogP contribution in [0.15, 0.2) is 0 Å². The lowest BCUT2D eigenvalue weighted by atomic mass is 9.74. The summed E-state index contributed by atoms with van der Waals surface area (Å²) in [4.78, 5) is 14.2. The van der Waals surface area contributed by atoms with E-state index in [1.54, 1.807) is 0 Å². The number of nitrogens with zero attached hydrogens (tertiary/aromatic N) is 1. The van der Waals surface area contributed by atoms with Gasteiger partial charge in [0.25, 0.3) is 0 Å². The summed E-state index contributed by atoms with van der Waals surface area (Å²) < 4.78 is 0. The molecule has 17 heavy (non-hydrogen) atoms. The summed E-state index contributed by atoms with van der Waals surface area (Å²) in [7, 11) is 0. The molecule has 0 unspecified atom stereocenters. The maximum absolute atomic E-state index is 12.1. The number of fused-ring (bicyclic) bond motifs is 1. The molecule has 1 amide bonds. The van der Waals surface area contributed by atoms with E-state index < -0.39 is 0 Å². The first-order chi connectivity index (χ1) is 7.96. The first-order valence-electron chi connectivity index (χ1n) is 7.23. The lowest BCUT2D eigenvalue weighted by Gasteiger charge is -2.41. The molecule has 98 valence electrons. The fraction of sp³-hybridized carbons (Fsp3) is 0.933. The van der Waals surface area contributed by atoms with Gasteiger partial charge in [-0.1, -0.05) is 33.6 Å². The average Bonchev–Trinajstić information content (AvgIpc) is 2.25. The Kier molecular flexibility index (Phi) is 3.79. The number of piperidine rings is 1. The zero-order valence-electron chi connectivity index (χ0n) is 11.7. The molecule has 0 aromatic heterocycles. The number of rotatable bonds is 2. The van der Waals surface area contributed by atoms with E-state index in [0.29, 0.717) is 17.2 Å². The highest BCUT2D eigenvalue weighted by Crippen LogP contribution is 2.36. The molecule has 2 aliphatic rings. The van der Waals surface area contributed by atoms with Crippen molar-refractivity contribution in [1.29, 1.82) is 0 Å². The zero-order valence-corrected chi connectivity index (χ0v) is 11.7. The Morgan fingerprint density at radius 2 is 1.82 bits per heavy atom. The second-order valence-electron chi connectivity index (χ2n) is 7.16. The molecule has 2 atom stereocenters. The average molecular weight is 237 g/mol. The van der Waals surface area contributed by atoms with Gasteiger partial charge in [0.05, 0.1) is 0 Å². The van der Waals surface area contributed by atoms with Crippen LogP contribution in [0.2, 0.25) is 0 Å². The largest absolute Gasteiger partial charge is 0.342 e. The van der Waals surface area contributed by atoms with Crippen LogP contribution in [0, 0.1) is 17.3 Å². The summed E-state index contributed by atoms with van der Waals surface area (Å²) in [6.07, 6.45) is 7.32. The Hall–Kier alpha value is -0.530. The maximum atomic E-state index is 12.1. The molecule has 0 aromatic rings. The molecule has 1 heterocycles. The third-order valence-electron chi connectivity index (χ3n) is 4.44. The Labute approximate surface area is 106 Å². The predicted octanol–water partition coefficient (Wildman–Crippen LogP) is 3.46. The van der Waals surface area contributed by atoms with Crippen molar-refractivity contribution < 1.29 is 4.79 Å². The number of carbonyl (C=O) groups excluding carboxylic acids is 1. The summed E-state index contributed by atoms with van der Waals surface area (Å²) in [6.45, 7) is 8.77. The molecule has 2 fully saturated rings. The van der Waals surface area contributed by atoms with E-state index in [1.165, 1.54) is 25.7 Å². The summed E-state index contributed by atoms with van der Waals surface area (Å²) in [5.74, 6) is 1.93. The zero-order chi connectivity index (χ0) is 12.5. The van der Waals surface area contributed by atoms with Gasteiger partial charge in [0.15, 0.2) is 0 Å². The monoisotopic (exact) mass is 237 g/mol. The van der Waals surface area contributed by atoms with Gasteiger partial charge >= 0.3 is 0 Å². The topological polar surface area (TPSA) is 20.3 Å². The van der Waals surface area contributed by atoms with Gasteiger partial charge in [0, 0.05) is 19.5 Å². The molecule has 1 aliphatic carbocycles. The van der Waals surface area contributed by atoms with Crippen LogP contribution in [0.1, 0.15) is 59.3 Å². The van der Waals surface area contributed by atoms with E-state index in [1.807, 2.05) is 0 Å². The summed E-state index contributed by atoms with van der Waals surface area (Å²) in [5, 5.41) is 0. The number of likely N-dealkylation sites (tertiary alicyclic amines) is 1. The molecule has 1 saturated heterocycles. The van der Waals surface area contributed by atoms with Gasteiger partial charge in [0.2, 0.25) is 5.91 Å². The van der Waals surface area contributed by atoms with Crippen molar-refractivity contribution in [2.45, 2.75) is 59.3 Å². The Balaban J connectivity index is 1.88. The van der Waals surface area contributed by atoms with Crippen LogP contribution in [-0.4, -0.2) is 23.9 Å². The Bertz CT molecular complexity index is 279. The molecule has 2 nitrogen and oxygen atoms in total. The van der Waals surface area contributed by atoms with E-state index >= 15 is 0 Å². The van der Waals surface area contributed by atoms with E-state index in [9.17, 15) is 4.79 Å². The predicted molar refractivity (Wildman–Crippen MR) is 70.7 cm³/mol. The first-order valence-corrected chi connectivity index (χ1v) is 7.23. The van der Waals surface area contributed by atoms with Crippen LogP contribution in [0.4, 0.5) is 0 Å². The molecule has 0 N–H and O–H groups in total. The quantitative estimate of drug-likeness (QED) is 0.720. The fourth-order valence-corrected chi connectivity index (χ4v) is 3.22. The molecule has 0 bridgehead atoms. The molecule has 2 rings (SSSR count). The summed E-state index contributed by atoms with van der Waals surface area (Å²) in [6, 6.07) is 0. The van der Waals surface area contributed by atoms with Gasteiger partial charge in [-0.3, -0.25) is 4.79 Å². The fourth-order valence-electron chi connectivity index (χ4n) is 3.22. The van der Waals surface area contributed by atoms with Crippen LogP contribution in [0.25, 0.3) is 0 Å². The SMILES string of the molecule is CC(C)(C)CCN1C[C@H]2CCCC[C@@H]2CC1=O. The van der Waals surface area contributed by atoms with Gasteiger partial charge < -0.3 is 4.90 Å². The third-order valence-corrected chi connectivity index (χ3v) is 4.44. The normalized spacial score (nSPS) is 30.3. The molecule has 0 aromatic carbocycles. The molecule has 1 aliphatic heterocycles. The van der Waals surface area contributed by atoms with Crippen molar-refractivity contribution in [2.75, 3.05) is 13.1 Å². The highest BCUT2D eigenvalue weighted by atomic mass is 16.2. The van der Waals surface area contributed by atoms with Crippen LogP contribution >= 0.6 is 0 Å². The molecule has 2 heteroatoms. The van der Waals surface area contributed by atoms with Crippen molar-refractivity contribution in [2.24, 2.45) is 17.3 Å². The highest BCUT2D eigenvalue weighted by molar-refractivity contribution is 5.77. The number of hydrogen-bond acceptors (Lipinski definition) is 1. The van der Waals surface area contributed by atoms with E-state index in [-0.39, 0.29) is 0 Å². The number of amides is 1. The van der Waals surface area contributed by atoms with E-state index in [0.717, 1.165) is 31.8 Å². The molecular weight excluding hydrogens is 210 g/mol. The Morgan fingerprint density at radius 3 is 2.47 bits per heavy atom. The van der Waals surface area contributed by atoms with E-state index in [4.69, 9.17) is 0 Å². The van der Waals surface area contributed by atoms with Crippen molar-refractivity contribution in [3.8, 4) is 0 Å². The third kappa shape index (κ3) is 3.46. The van der Waals surface area contributed by atoms with Crippen molar-refractivity contribution >= 4 is 5.91 Å². The van der Waals surface area contributed by atoms with Crippen LogP contribution in [0.5, 0.6) is 0 Å². The second-order valence-corrected chi connectivity index (χ2v) is 7.16. The second kappa shape index (κ2) is 4.99. The molecule has 1 saturated carbocycles. The number of hydrogen-bond donors (Lipinski definition) is 0. The summed E-state index contributed by atoms with van der Waals surface area (Å²) in [5.41, 5.74) is 0.337. The van der Waals surface area contributed by atoms with E-state index in [2.05, 4.69) is 25.7 Å². The van der Waals surface area contributed by atoms with Crippen molar-refractivity contribution in [3.63, 3.8) is 0 Å². The standard InChI is InChI=1S/C15H27NO/c1-15(2,3)8-9-16-11-13-7-5-4-6-12(13)10-14(16)17/h12-13H,4-11H2,1-3H3/t12-,13-/m1/s1. The molecule has 0 radical (unpaired) electrons. The maximum Gasteiger partial charge on any atom is 0.222 e. The summed E-state index contributed by atoms with van der Waals surface area (Å²) >= 11 is 0. The lowest BCUT2D eigenvalue weighted by Crippen LogP contribution is -2.46. The minimum atomic E-state index is 0.337. The van der Waals surface area contributed by atoms with Crippen molar-refractivity contribution in [3.05, 3.63) is 0 Å². The smallest absolute Gasteiger partial charge is 0.222 e. The number of carbonyl (C=O) groups is 1. The van der Waals surface area contributed by atoms with Crippen molar-refractivity contribution in [1.82, 2.24) is 4.90 Å². The van der Waals surface area contributed by atoms with Crippen LogP contribution in [0.3, 0.4) is 0 Å². The Morgan fingerprint density at radius 1 is 1.18 bits per heavy atom.